The van der Waals surface area contributed by atoms with Gasteiger partial charge in [-0.15, -0.1) is 11.3 Å². The number of carbonyl (C=O) groups is 1. The largest absolute Gasteiger partial charge is 0.488 e. The van der Waals surface area contributed by atoms with E-state index in [9.17, 15) is 13.6 Å². The maximum atomic E-state index is 13.9. The van der Waals surface area contributed by atoms with Crippen LogP contribution in [0.3, 0.4) is 0 Å². The summed E-state index contributed by atoms with van der Waals surface area (Å²) in [7, 11) is 0. The Kier molecular flexibility index (Phi) is 5.81. The summed E-state index contributed by atoms with van der Waals surface area (Å²) < 4.78 is 33.4. The molecule has 4 aromatic rings. The Balaban J connectivity index is 1.53. The van der Waals surface area contributed by atoms with E-state index >= 15 is 0 Å². The molecule has 0 unspecified atom stereocenters. The summed E-state index contributed by atoms with van der Waals surface area (Å²) in [6.07, 6.45) is 0. The van der Waals surface area contributed by atoms with Gasteiger partial charge in [0.15, 0.2) is 0 Å². The van der Waals surface area contributed by atoms with Crippen LogP contribution in [0.2, 0.25) is 0 Å². The predicted molar refractivity (Wildman–Crippen MR) is 113 cm³/mol. The van der Waals surface area contributed by atoms with Crippen molar-refractivity contribution in [3.8, 4) is 16.3 Å². The van der Waals surface area contributed by atoms with E-state index in [1.165, 1.54) is 29.5 Å². The predicted octanol–water partition coefficient (Wildman–Crippen LogP) is 5.92. The summed E-state index contributed by atoms with van der Waals surface area (Å²) in [5.74, 6) is -1.23. The van der Waals surface area contributed by atoms with Crippen molar-refractivity contribution in [1.29, 1.82) is 0 Å². The van der Waals surface area contributed by atoms with Gasteiger partial charge in [0, 0.05) is 11.1 Å². The van der Waals surface area contributed by atoms with Gasteiger partial charge in [0.1, 0.15) is 34.7 Å². The lowest BCUT2D eigenvalue weighted by atomic mass is 10.2. The Morgan fingerprint density at radius 1 is 0.933 bits per heavy atom. The van der Waals surface area contributed by atoms with E-state index in [2.05, 4.69) is 10.3 Å². The van der Waals surface area contributed by atoms with Crippen molar-refractivity contribution in [2.45, 2.75) is 6.61 Å². The van der Waals surface area contributed by atoms with Crippen LogP contribution in [0.4, 0.5) is 14.5 Å². The van der Waals surface area contributed by atoms with Crippen molar-refractivity contribution in [1.82, 2.24) is 4.98 Å². The number of ether oxygens (including phenoxy) is 1. The van der Waals surface area contributed by atoms with E-state index in [1.54, 1.807) is 41.8 Å². The fourth-order valence-corrected chi connectivity index (χ4v) is 3.64. The van der Waals surface area contributed by atoms with Crippen LogP contribution in [0.25, 0.3) is 10.6 Å². The smallest absolute Gasteiger partial charge is 0.275 e. The van der Waals surface area contributed by atoms with Gasteiger partial charge in [-0.05, 0) is 36.4 Å². The van der Waals surface area contributed by atoms with Gasteiger partial charge in [-0.1, -0.05) is 36.4 Å². The molecule has 0 aliphatic heterocycles. The summed E-state index contributed by atoms with van der Waals surface area (Å²) >= 11 is 1.28. The van der Waals surface area contributed by atoms with Crippen molar-refractivity contribution >= 4 is 22.9 Å². The average molecular weight is 422 g/mol. The summed E-state index contributed by atoms with van der Waals surface area (Å²) in [5, 5.41) is 5.01. The van der Waals surface area contributed by atoms with E-state index in [4.69, 9.17) is 4.74 Å². The number of hydrogen-bond donors (Lipinski definition) is 1. The first kappa shape index (κ1) is 19.7. The van der Waals surface area contributed by atoms with Crippen molar-refractivity contribution in [3.63, 3.8) is 0 Å². The average Bonchev–Trinajstić information content (AvgIpc) is 3.25. The summed E-state index contributed by atoms with van der Waals surface area (Å²) in [4.78, 5) is 16.9. The molecule has 0 atom stereocenters. The Morgan fingerprint density at radius 2 is 1.63 bits per heavy atom. The lowest BCUT2D eigenvalue weighted by Crippen LogP contribution is -2.12. The second-order valence-electron chi connectivity index (χ2n) is 6.34. The molecular formula is C23H16F2N2O2S. The summed E-state index contributed by atoms with van der Waals surface area (Å²) in [5.41, 5.74) is 1.44. The van der Waals surface area contributed by atoms with Gasteiger partial charge in [0.2, 0.25) is 0 Å². The van der Waals surface area contributed by atoms with E-state index < -0.39 is 11.6 Å². The molecule has 30 heavy (non-hydrogen) atoms. The lowest BCUT2D eigenvalue weighted by Gasteiger charge is -2.11. The zero-order chi connectivity index (χ0) is 20.9. The number of hydrogen-bond acceptors (Lipinski definition) is 4. The number of nitrogens with one attached hydrogen (secondary N) is 1. The van der Waals surface area contributed by atoms with E-state index in [1.807, 2.05) is 18.2 Å². The summed E-state index contributed by atoms with van der Waals surface area (Å²) in [6, 6.07) is 19.8. The molecule has 0 radical (unpaired) electrons. The van der Waals surface area contributed by atoms with Crippen molar-refractivity contribution < 1.29 is 18.3 Å². The van der Waals surface area contributed by atoms with Crippen LogP contribution in [-0.2, 0) is 6.61 Å². The van der Waals surface area contributed by atoms with E-state index in [0.717, 1.165) is 0 Å². The van der Waals surface area contributed by atoms with Gasteiger partial charge < -0.3 is 10.1 Å². The molecule has 1 aromatic heterocycles. The number of halogens is 2. The molecule has 3 aromatic carbocycles. The second-order valence-corrected chi connectivity index (χ2v) is 7.20. The molecule has 0 spiro atoms. The van der Waals surface area contributed by atoms with Crippen molar-refractivity contribution in [3.05, 3.63) is 101 Å². The highest BCUT2D eigenvalue weighted by Crippen LogP contribution is 2.33. The first-order valence-electron chi connectivity index (χ1n) is 9.09. The standard InChI is InChI=1S/C23H16F2N2O2S/c24-18-10-6-11-19(25)17(18)13-29-21-12-5-4-9-16(21)23-27-20(14-30-23)22(28)26-15-7-2-1-3-8-15/h1-12,14H,13H2,(H,26,28). The first-order chi connectivity index (χ1) is 14.6. The number of thiazole rings is 1. The highest BCUT2D eigenvalue weighted by atomic mass is 32.1. The van der Waals surface area contributed by atoms with Crippen LogP contribution in [0.5, 0.6) is 5.75 Å². The molecular weight excluding hydrogens is 406 g/mol. The van der Waals surface area contributed by atoms with Gasteiger partial charge in [0.05, 0.1) is 11.1 Å². The molecule has 1 amide bonds. The second kappa shape index (κ2) is 8.84. The van der Waals surface area contributed by atoms with Crippen LogP contribution in [-0.4, -0.2) is 10.9 Å². The third kappa shape index (κ3) is 4.36. The van der Waals surface area contributed by atoms with Crippen LogP contribution < -0.4 is 10.1 Å². The Labute approximate surface area is 175 Å². The van der Waals surface area contributed by atoms with Crippen LogP contribution in [0, 0.1) is 11.6 Å². The number of aromatic nitrogens is 1. The quantitative estimate of drug-likeness (QED) is 0.420. The maximum absolute atomic E-state index is 13.9. The number of nitrogens with zero attached hydrogens (tertiary/aromatic N) is 1. The fraction of sp³-hybridized carbons (Fsp3) is 0.0435. The number of rotatable bonds is 6. The Morgan fingerprint density at radius 3 is 2.40 bits per heavy atom. The lowest BCUT2D eigenvalue weighted by molar-refractivity contribution is 0.102. The fourth-order valence-electron chi connectivity index (χ4n) is 2.81. The molecule has 0 fully saturated rings. The molecule has 4 nitrogen and oxygen atoms in total. The molecule has 0 saturated carbocycles. The highest BCUT2D eigenvalue weighted by Gasteiger charge is 2.16. The third-order valence-electron chi connectivity index (χ3n) is 4.32. The minimum absolute atomic E-state index is 0.144. The molecule has 0 saturated heterocycles. The minimum Gasteiger partial charge on any atom is -0.488 e. The third-order valence-corrected chi connectivity index (χ3v) is 5.20. The molecule has 150 valence electrons. The highest BCUT2D eigenvalue weighted by molar-refractivity contribution is 7.13. The topological polar surface area (TPSA) is 51.2 Å². The van der Waals surface area contributed by atoms with E-state index in [0.29, 0.717) is 22.0 Å². The molecule has 1 heterocycles. The maximum Gasteiger partial charge on any atom is 0.275 e. The van der Waals surface area contributed by atoms with Gasteiger partial charge in [0.25, 0.3) is 5.91 Å². The number of para-hydroxylation sites is 2. The Bertz CT molecular complexity index is 1160. The van der Waals surface area contributed by atoms with Gasteiger partial charge in [-0.2, -0.15) is 0 Å². The number of amides is 1. The molecule has 4 rings (SSSR count). The van der Waals surface area contributed by atoms with E-state index in [-0.39, 0.29) is 23.8 Å². The number of anilines is 1. The molecule has 7 heteroatoms. The molecule has 0 bridgehead atoms. The van der Waals surface area contributed by atoms with Gasteiger partial charge in [-0.25, -0.2) is 13.8 Å². The number of benzene rings is 3. The van der Waals surface area contributed by atoms with Crippen molar-refractivity contribution in [2.24, 2.45) is 0 Å². The molecule has 0 aliphatic rings. The zero-order valence-electron chi connectivity index (χ0n) is 15.6. The normalized spacial score (nSPS) is 10.6. The Hall–Kier alpha value is -3.58. The minimum atomic E-state index is -0.665. The monoisotopic (exact) mass is 422 g/mol. The summed E-state index contributed by atoms with van der Waals surface area (Å²) in [6.45, 7) is -0.262. The van der Waals surface area contributed by atoms with Gasteiger partial charge >= 0.3 is 0 Å². The number of carbonyl (C=O) groups excluding carboxylic acids is 1. The zero-order valence-corrected chi connectivity index (χ0v) is 16.5. The van der Waals surface area contributed by atoms with Crippen LogP contribution in [0.15, 0.2) is 78.2 Å². The van der Waals surface area contributed by atoms with Crippen LogP contribution in [0.1, 0.15) is 16.1 Å². The molecule has 0 aliphatic carbocycles. The first-order valence-corrected chi connectivity index (χ1v) is 9.97. The molecule has 1 N–H and O–H groups in total. The SMILES string of the molecule is O=C(Nc1ccccc1)c1csc(-c2ccccc2OCc2c(F)cccc2F)n1. The van der Waals surface area contributed by atoms with Gasteiger partial charge in [-0.3, -0.25) is 4.79 Å². The van der Waals surface area contributed by atoms with Crippen LogP contribution >= 0.6 is 11.3 Å². The van der Waals surface area contributed by atoms with Crippen molar-refractivity contribution in [2.75, 3.05) is 5.32 Å².